The van der Waals surface area contributed by atoms with Gasteiger partial charge in [0.25, 0.3) is 5.69 Å². The van der Waals surface area contributed by atoms with Gasteiger partial charge in [-0.2, -0.15) is 0 Å². The first kappa shape index (κ1) is 15.2. The highest BCUT2D eigenvalue weighted by atomic mass is 127. The van der Waals surface area contributed by atoms with Crippen LogP contribution in [-0.4, -0.2) is 16.0 Å². The zero-order valence-electron chi connectivity index (χ0n) is 10.9. The molecule has 0 aliphatic heterocycles. The van der Waals surface area contributed by atoms with Crippen LogP contribution in [0.25, 0.3) is 0 Å². The third-order valence-electron chi connectivity index (χ3n) is 2.77. The van der Waals surface area contributed by atoms with Crippen molar-refractivity contribution in [1.82, 2.24) is 0 Å². The first-order valence-corrected chi connectivity index (χ1v) is 6.92. The van der Waals surface area contributed by atoms with Gasteiger partial charge < -0.3 is 9.84 Å². The van der Waals surface area contributed by atoms with Crippen LogP contribution in [0.2, 0.25) is 0 Å². The summed E-state index contributed by atoms with van der Waals surface area (Å²) in [7, 11) is 0. The minimum absolute atomic E-state index is 0.0105. The van der Waals surface area contributed by atoms with Crippen molar-refractivity contribution in [2.24, 2.45) is 0 Å². The average molecular weight is 399 g/mol. The lowest BCUT2D eigenvalue weighted by Gasteiger charge is -2.09. The van der Waals surface area contributed by atoms with E-state index < -0.39 is 10.9 Å². The van der Waals surface area contributed by atoms with Crippen LogP contribution in [-0.2, 0) is 0 Å². The highest BCUT2D eigenvalue weighted by Crippen LogP contribution is 2.30. The number of halogens is 1. The fourth-order valence-electron chi connectivity index (χ4n) is 1.74. The lowest BCUT2D eigenvalue weighted by molar-refractivity contribution is -0.385. The molecule has 0 aliphatic carbocycles. The fraction of sp³-hybridized carbons (Fsp3) is 0.0714. The molecule has 2 rings (SSSR count). The van der Waals surface area contributed by atoms with Crippen molar-refractivity contribution in [3.05, 3.63) is 61.2 Å². The van der Waals surface area contributed by atoms with Gasteiger partial charge in [-0.1, -0.05) is 0 Å². The number of aryl methyl sites for hydroxylation is 1. The molecule has 1 N–H and O–H groups in total. The number of nitrogens with zero attached hydrogens (tertiary/aromatic N) is 1. The third-order valence-corrected chi connectivity index (χ3v) is 3.66. The van der Waals surface area contributed by atoms with E-state index in [4.69, 9.17) is 9.84 Å². The van der Waals surface area contributed by atoms with Crippen molar-refractivity contribution in [2.45, 2.75) is 6.92 Å². The summed E-state index contributed by atoms with van der Waals surface area (Å²) in [5.41, 5.74) is 0.599. The summed E-state index contributed by atoms with van der Waals surface area (Å²) in [6.45, 7) is 1.61. The van der Waals surface area contributed by atoms with E-state index in [-0.39, 0.29) is 11.3 Å². The molecule has 0 unspecified atom stereocenters. The van der Waals surface area contributed by atoms with Gasteiger partial charge in [0, 0.05) is 11.6 Å². The van der Waals surface area contributed by atoms with Gasteiger partial charge in [0.1, 0.15) is 11.5 Å². The van der Waals surface area contributed by atoms with Gasteiger partial charge in [-0.15, -0.1) is 0 Å². The standard InChI is InChI=1S/C14H10INO5/c1-8-6-10(3-5-12(8)16(19)20)21-13-7-9(14(17)18)2-4-11(13)15/h2-7H,1H3,(H,17,18). The second-order valence-electron chi connectivity index (χ2n) is 4.26. The number of nitro groups is 1. The van der Waals surface area contributed by atoms with Crippen molar-refractivity contribution in [1.29, 1.82) is 0 Å². The van der Waals surface area contributed by atoms with E-state index in [2.05, 4.69) is 0 Å². The van der Waals surface area contributed by atoms with Gasteiger partial charge in [0.15, 0.2) is 0 Å². The Balaban J connectivity index is 2.34. The number of carbonyl (C=O) groups is 1. The predicted octanol–water partition coefficient (Wildman–Crippen LogP) is 4.00. The Bertz CT molecular complexity index is 729. The van der Waals surface area contributed by atoms with Crippen LogP contribution in [0, 0.1) is 20.6 Å². The number of hydrogen-bond acceptors (Lipinski definition) is 4. The second kappa shape index (κ2) is 6.08. The van der Waals surface area contributed by atoms with Crippen LogP contribution in [0.5, 0.6) is 11.5 Å². The highest BCUT2D eigenvalue weighted by molar-refractivity contribution is 14.1. The Hall–Kier alpha value is -2.16. The Morgan fingerprint density at radius 1 is 1.29 bits per heavy atom. The second-order valence-corrected chi connectivity index (χ2v) is 5.42. The molecule has 0 amide bonds. The maximum absolute atomic E-state index is 11.0. The zero-order chi connectivity index (χ0) is 15.6. The molecule has 21 heavy (non-hydrogen) atoms. The molecule has 0 aromatic heterocycles. The molecule has 0 saturated carbocycles. The molecule has 108 valence electrons. The topological polar surface area (TPSA) is 89.7 Å². The first-order chi connectivity index (χ1) is 9.88. The molecule has 0 saturated heterocycles. The number of ether oxygens (including phenoxy) is 1. The smallest absolute Gasteiger partial charge is 0.335 e. The van der Waals surface area contributed by atoms with Gasteiger partial charge in [-0.25, -0.2) is 4.79 Å². The number of benzene rings is 2. The fourth-order valence-corrected chi connectivity index (χ4v) is 2.18. The maximum atomic E-state index is 11.0. The van der Waals surface area contributed by atoms with Crippen molar-refractivity contribution in [2.75, 3.05) is 0 Å². The summed E-state index contributed by atoms with van der Waals surface area (Å²) in [5, 5.41) is 19.7. The first-order valence-electron chi connectivity index (χ1n) is 5.84. The molecule has 0 fully saturated rings. The minimum Gasteiger partial charge on any atom is -0.478 e. The molecule has 0 heterocycles. The van der Waals surface area contributed by atoms with Gasteiger partial charge >= 0.3 is 5.97 Å². The van der Waals surface area contributed by atoms with Crippen molar-refractivity contribution in [3.63, 3.8) is 0 Å². The number of hydrogen-bond donors (Lipinski definition) is 1. The van der Waals surface area contributed by atoms with Crippen LogP contribution in [0.3, 0.4) is 0 Å². The van der Waals surface area contributed by atoms with Crippen LogP contribution >= 0.6 is 22.6 Å². The third kappa shape index (κ3) is 3.48. The van der Waals surface area contributed by atoms with Crippen molar-refractivity contribution in [3.8, 4) is 11.5 Å². The Morgan fingerprint density at radius 3 is 2.57 bits per heavy atom. The van der Waals surface area contributed by atoms with E-state index in [1.165, 1.54) is 24.3 Å². The normalized spacial score (nSPS) is 10.2. The van der Waals surface area contributed by atoms with Gasteiger partial charge in [-0.3, -0.25) is 10.1 Å². The molecular formula is C14H10INO5. The molecule has 0 spiro atoms. The number of carboxylic acids is 1. The molecule has 6 nitrogen and oxygen atoms in total. The molecule has 0 radical (unpaired) electrons. The van der Waals surface area contributed by atoms with E-state index in [0.717, 1.165) is 3.57 Å². The summed E-state index contributed by atoms with van der Waals surface area (Å²) in [6.07, 6.45) is 0. The lowest BCUT2D eigenvalue weighted by atomic mass is 10.2. The summed E-state index contributed by atoms with van der Waals surface area (Å²) >= 11 is 2.03. The van der Waals surface area contributed by atoms with E-state index in [9.17, 15) is 14.9 Å². The Kier molecular flexibility index (Phi) is 4.41. The number of carboxylic acid groups (broad SMARTS) is 1. The number of nitro benzene ring substituents is 1. The van der Waals surface area contributed by atoms with Crippen molar-refractivity contribution >= 4 is 34.2 Å². The van der Waals surface area contributed by atoms with E-state index in [1.54, 1.807) is 19.1 Å². The maximum Gasteiger partial charge on any atom is 0.335 e. The zero-order valence-corrected chi connectivity index (χ0v) is 13.0. The van der Waals surface area contributed by atoms with Gasteiger partial charge in [-0.05, 0) is 59.8 Å². The molecule has 2 aromatic rings. The molecule has 0 aliphatic rings. The molecule has 0 bridgehead atoms. The SMILES string of the molecule is Cc1cc(Oc2cc(C(=O)O)ccc2I)ccc1[N+](=O)[O-]. The summed E-state index contributed by atoms with van der Waals surface area (Å²) in [6, 6.07) is 8.92. The highest BCUT2D eigenvalue weighted by Gasteiger charge is 2.13. The van der Waals surface area contributed by atoms with E-state index in [0.29, 0.717) is 17.1 Å². The number of rotatable bonds is 4. The molecule has 2 aromatic carbocycles. The van der Waals surface area contributed by atoms with E-state index >= 15 is 0 Å². The number of aromatic carboxylic acids is 1. The molecular weight excluding hydrogens is 389 g/mol. The molecule has 7 heteroatoms. The summed E-state index contributed by atoms with van der Waals surface area (Å²) in [4.78, 5) is 21.3. The minimum atomic E-state index is -1.05. The molecule has 0 atom stereocenters. The van der Waals surface area contributed by atoms with Gasteiger partial charge in [0.2, 0.25) is 0 Å². The van der Waals surface area contributed by atoms with Gasteiger partial charge in [0.05, 0.1) is 14.1 Å². The quantitative estimate of drug-likeness (QED) is 0.477. The Morgan fingerprint density at radius 2 is 2.00 bits per heavy atom. The lowest BCUT2D eigenvalue weighted by Crippen LogP contribution is -1.98. The largest absolute Gasteiger partial charge is 0.478 e. The summed E-state index contributed by atoms with van der Waals surface area (Å²) < 4.78 is 6.37. The van der Waals surface area contributed by atoms with Crippen LogP contribution in [0.15, 0.2) is 36.4 Å². The Labute approximate surface area is 133 Å². The average Bonchev–Trinajstić information content (AvgIpc) is 2.40. The van der Waals surface area contributed by atoms with E-state index in [1.807, 2.05) is 22.6 Å². The van der Waals surface area contributed by atoms with Crippen LogP contribution in [0.4, 0.5) is 5.69 Å². The van der Waals surface area contributed by atoms with Crippen LogP contribution in [0.1, 0.15) is 15.9 Å². The summed E-state index contributed by atoms with van der Waals surface area (Å²) in [5.74, 6) is -0.238. The predicted molar refractivity (Wildman–Crippen MR) is 84.0 cm³/mol. The van der Waals surface area contributed by atoms with Crippen molar-refractivity contribution < 1.29 is 19.6 Å². The monoisotopic (exact) mass is 399 g/mol. The van der Waals surface area contributed by atoms with Crippen LogP contribution < -0.4 is 4.74 Å².